The molecule has 0 unspecified atom stereocenters. The van der Waals surface area contributed by atoms with Crippen molar-refractivity contribution in [2.75, 3.05) is 32.5 Å². The van der Waals surface area contributed by atoms with E-state index in [1.807, 2.05) is 30.0 Å². The van der Waals surface area contributed by atoms with Crippen LogP contribution in [0.4, 0.5) is 15.8 Å². The van der Waals surface area contributed by atoms with E-state index < -0.39 is 5.82 Å². The fourth-order valence-corrected chi connectivity index (χ4v) is 5.05. The van der Waals surface area contributed by atoms with Gasteiger partial charge < -0.3 is 15.1 Å². The summed E-state index contributed by atoms with van der Waals surface area (Å²) in [4.78, 5) is 22.7. The Morgan fingerprint density at radius 3 is 3.00 bits per heavy atom. The SMILES string of the molecule is CN(C)CC=CC(=O)N1CCc2c(sc3ncc(C#N)c(Nc4ccc(F)c(Cl)c4)c23)C1. The van der Waals surface area contributed by atoms with Gasteiger partial charge in [-0.05, 0) is 44.3 Å². The molecule has 0 saturated heterocycles. The van der Waals surface area contributed by atoms with Crippen molar-refractivity contribution in [3.05, 3.63) is 63.4 Å². The molecular weight excluding hydrogens is 449 g/mol. The molecule has 0 radical (unpaired) electrons. The molecule has 0 saturated carbocycles. The van der Waals surface area contributed by atoms with Gasteiger partial charge in [0.25, 0.3) is 0 Å². The normalized spacial score (nSPS) is 13.6. The number of aromatic nitrogens is 1. The van der Waals surface area contributed by atoms with Gasteiger partial charge in [0.05, 0.1) is 22.8 Å². The minimum atomic E-state index is -0.505. The molecule has 0 fully saturated rings. The predicted molar refractivity (Wildman–Crippen MR) is 126 cm³/mol. The van der Waals surface area contributed by atoms with Crippen LogP contribution < -0.4 is 5.32 Å². The number of benzene rings is 1. The molecule has 0 bridgehead atoms. The molecule has 1 N–H and O–H groups in total. The summed E-state index contributed by atoms with van der Waals surface area (Å²) in [6, 6.07) is 6.53. The van der Waals surface area contributed by atoms with Crippen LogP contribution >= 0.6 is 22.9 Å². The van der Waals surface area contributed by atoms with Gasteiger partial charge in [-0.1, -0.05) is 17.7 Å². The zero-order chi connectivity index (χ0) is 22.8. The smallest absolute Gasteiger partial charge is 0.246 e. The highest BCUT2D eigenvalue weighted by atomic mass is 35.5. The minimum absolute atomic E-state index is 0.00244. The molecule has 1 amide bonds. The Balaban J connectivity index is 1.68. The van der Waals surface area contributed by atoms with E-state index in [9.17, 15) is 14.4 Å². The molecule has 32 heavy (non-hydrogen) atoms. The highest BCUT2D eigenvalue weighted by Gasteiger charge is 2.26. The first kappa shape index (κ1) is 22.2. The number of rotatable bonds is 5. The standard InChI is InChI=1S/C23H21ClFN5OS/c1-29(2)8-3-4-20(31)30-9-7-16-19(13-30)32-23-21(16)22(14(11-26)12-27-23)28-15-5-6-18(25)17(24)10-15/h3-6,10,12H,7-9,13H2,1-2H3,(H,27,28). The van der Waals surface area contributed by atoms with Crippen LogP contribution in [0.15, 0.2) is 36.5 Å². The summed E-state index contributed by atoms with van der Waals surface area (Å²) in [6.07, 6.45) is 5.68. The number of hydrogen-bond acceptors (Lipinski definition) is 6. The van der Waals surface area contributed by atoms with Crippen molar-refractivity contribution in [3.8, 4) is 6.07 Å². The molecule has 1 aliphatic heterocycles. The summed E-state index contributed by atoms with van der Waals surface area (Å²) in [5.74, 6) is -0.519. The number of likely N-dealkylation sites (N-methyl/N-ethyl adjacent to an activating group) is 1. The van der Waals surface area contributed by atoms with Crippen molar-refractivity contribution in [2.24, 2.45) is 0 Å². The van der Waals surface area contributed by atoms with Gasteiger partial charge in [0.2, 0.25) is 5.91 Å². The number of fused-ring (bicyclic) bond motifs is 3. The number of hydrogen-bond donors (Lipinski definition) is 1. The fraction of sp³-hybridized carbons (Fsp3) is 0.261. The van der Waals surface area contributed by atoms with Crippen molar-refractivity contribution in [3.63, 3.8) is 0 Å². The molecule has 6 nitrogen and oxygen atoms in total. The summed E-state index contributed by atoms with van der Waals surface area (Å²) in [5, 5.41) is 13.8. The van der Waals surface area contributed by atoms with Crippen LogP contribution in [0.2, 0.25) is 5.02 Å². The molecule has 3 heterocycles. The number of carbonyl (C=O) groups is 1. The van der Waals surface area contributed by atoms with Crippen LogP contribution in [0.1, 0.15) is 16.0 Å². The molecular formula is C23H21ClFN5OS. The van der Waals surface area contributed by atoms with Crippen molar-refractivity contribution in [1.29, 1.82) is 5.26 Å². The van der Waals surface area contributed by atoms with Gasteiger partial charge in [0.1, 0.15) is 16.7 Å². The summed E-state index contributed by atoms with van der Waals surface area (Å²) < 4.78 is 13.6. The third-order valence-electron chi connectivity index (χ3n) is 5.22. The first-order valence-corrected chi connectivity index (χ1v) is 11.2. The van der Waals surface area contributed by atoms with Gasteiger partial charge in [-0.25, -0.2) is 9.37 Å². The summed E-state index contributed by atoms with van der Waals surface area (Å²) >= 11 is 7.46. The van der Waals surface area contributed by atoms with Crippen molar-refractivity contribution >= 4 is 50.4 Å². The third-order valence-corrected chi connectivity index (χ3v) is 6.64. The van der Waals surface area contributed by atoms with E-state index in [1.165, 1.54) is 29.7 Å². The summed E-state index contributed by atoms with van der Waals surface area (Å²) in [5.41, 5.74) is 2.69. The molecule has 4 rings (SSSR count). The maximum atomic E-state index is 13.6. The van der Waals surface area contributed by atoms with Gasteiger partial charge in [0.15, 0.2) is 0 Å². The Kier molecular flexibility index (Phi) is 6.42. The predicted octanol–water partition coefficient (Wildman–Crippen LogP) is 4.71. The Morgan fingerprint density at radius 1 is 1.47 bits per heavy atom. The quantitative estimate of drug-likeness (QED) is 0.548. The maximum absolute atomic E-state index is 13.6. The van der Waals surface area contributed by atoms with Gasteiger partial charge in [-0.15, -0.1) is 11.3 Å². The minimum Gasteiger partial charge on any atom is -0.354 e. The molecule has 3 aromatic rings. The van der Waals surface area contributed by atoms with Gasteiger partial charge in [0, 0.05) is 41.3 Å². The average molecular weight is 470 g/mol. The molecule has 2 aromatic heterocycles. The van der Waals surface area contributed by atoms with E-state index in [0.29, 0.717) is 43.0 Å². The highest BCUT2D eigenvalue weighted by molar-refractivity contribution is 7.19. The first-order valence-electron chi connectivity index (χ1n) is 10.0. The van der Waals surface area contributed by atoms with Gasteiger partial charge in [-0.2, -0.15) is 5.26 Å². The fourth-order valence-electron chi connectivity index (χ4n) is 3.65. The number of nitriles is 1. The number of nitrogens with one attached hydrogen (secondary N) is 1. The Hall–Kier alpha value is -2.99. The van der Waals surface area contributed by atoms with E-state index in [2.05, 4.69) is 16.4 Å². The highest BCUT2D eigenvalue weighted by Crippen LogP contribution is 2.40. The van der Waals surface area contributed by atoms with Crippen LogP contribution in [0.25, 0.3) is 10.2 Å². The largest absolute Gasteiger partial charge is 0.354 e. The lowest BCUT2D eigenvalue weighted by Crippen LogP contribution is -2.34. The average Bonchev–Trinajstić information content (AvgIpc) is 3.14. The van der Waals surface area contributed by atoms with Crippen LogP contribution in [-0.2, 0) is 17.8 Å². The monoisotopic (exact) mass is 469 g/mol. The number of halogens is 2. The lowest BCUT2D eigenvalue weighted by Gasteiger charge is -2.26. The molecule has 1 aliphatic rings. The van der Waals surface area contributed by atoms with Crippen molar-refractivity contribution in [1.82, 2.24) is 14.8 Å². The second-order valence-corrected chi connectivity index (χ2v) is 9.26. The van der Waals surface area contributed by atoms with E-state index in [1.54, 1.807) is 12.1 Å². The van der Waals surface area contributed by atoms with Crippen LogP contribution in [0.5, 0.6) is 0 Å². The third kappa shape index (κ3) is 4.46. The number of anilines is 2. The number of amides is 1. The number of nitrogens with zero attached hydrogens (tertiary/aromatic N) is 4. The zero-order valence-corrected chi connectivity index (χ0v) is 19.2. The van der Waals surface area contributed by atoms with E-state index in [0.717, 1.165) is 20.7 Å². The van der Waals surface area contributed by atoms with Crippen LogP contribution in [-0.4, -0.2) is 47.9 Å². The Morgan fingerprint density at radius 2 is 2.28 bits per heavy atom. The van der Waals surface area contributed by atoms with Gasteiger partial charge in [-0.3, -0.25) is 4.79 Å². The lowest BCUT2D eigenvalue weighted by atomic mass is 10.0. The Bertz CT molecular complexity index is 1260. The molecule has 0 spiro atoms. The van der Waals surface area contributed by atoms with Crippen molar-refractivity contribution in [2.45, 2.75) is 13.0 Å². The Labute approximate surface area is 194 Å². The van der Waals surface area contributed by atoms with Crippen LogP contribution in [0, 0.1) is 17.1 Å². The van der Waals surface area contributed by atoms with Crippen LogP contribution in [0.3, 0.4) is 0 Å². The molecule has 9 heteroatoms. The van der Waals surface area contributed by atoms with E-state index >= 15 is 0 Å². The summed E-state index contributed by atoms with van der Waals surface area (Å²) in [7, 11) is 3.90. The summed E-state index contributed by atoms with van der Waals surface area (Å²) in [6.45, 7) is 1.80. The second-order valence-electron chi connectivity index (χ2n) is 7.77. The lowest BCUT2D eigenvalue weighted by molar-refractivity contribution is -0.126. The maximum Gasteiger partial charge on any atom is 0.246 e. The molecule has 0 aliphatic carbocycles. The molecule has 164 valence electrons. The number of thiophene rings is 1. The first-order chi connectivity index (χ1) is 15.4. The second kappa shape index (κ2) is 9.25. The number of pyridine rings is 1. The van der Waals surface area contributed by atoms with E-state index in [-0.39, 0.29) is 10.9 Å². The molecule has 0 atom stereocenters. The van der Waals surface area contributed by atoms with Gasteiger partial charge >= 0.3 is 0 Å². The topological polar surface area (TPSA) is 72.3 Å². The van der Waals surface area contributed by atoms with Crippen molar-refractivity contribution < 1.29 is 9.18 Å². The zero-order valence-electron chi connectivity index (χ0n) is 17.7. The molecule has 1 aromatic carbocycles. The number of carbonyl (C=O) groups excluding carboxylic acids is 1. The van der Waals surface area contributed by atoms with E-state index in [4.69, 9.17) is 11.6 Å².